The van der Waals surface area contributed by atoms with Gasteiger partial charge in [0.25, 0.3) is 0 Å². The minimum Gasteiger partial charge on any atom is -0.478 e. The summed E-state index contributed by atoms with van der Waals surface area (Å²) in [4.78, 5) is 29.9. The summed E-state index contributed by atoms with van der Waals surface area (Å²) >= 11 is 0. The second-order valence-corrected chi connectivity index (χ2v) is 8.68. The van der Waals surface area contributed by atoms with E-state index < -0.39 is 17.0 Å². The van der Waals surface area contributed by atoms with Crippen molar-refractivity contribution in [1.29, 1.82) is 0 Å². The van der Waals surface area contributed by atoms with Gasteiger partial charge in [-0.15, -0.1) is 0 Å². The average Bonchev–Trinajstić information content (AvgIpc) is 2.99. The number of carbonyl (C=O) groups is 2. The molecule has 4 rings (SSSR count). The minimum absolute atomic E-state index is 0.0774. The van der Waals surface area contributed by atoms with E-state index >= 15 is 0 Å². The second-order valence-electron chi connectivity index (χ2n) is 8.68. The monoisotopic (exact) mass is 373 g/mol. The second kappa shape index (κ2) is 5.67. The largest absolute Gasteiger partial charge is 0.478 e. The van der Waals surface area contributed by atoms with Gasteiger partial charge in [-0.1, -0.05) is 13.0 Å². The Morgan fingerprint density at radius 3 is 2.81 bits per heavy atom. The summed E-state index contributed by atoms with van der Waals surface area (Å²) in [5, 5.41) is 20.9. The summed E-state index contributed by atoms with van der Waals surface area (Å²) in [5.74, 6) is -0.259. The number of carbonyl (C=O) groups excluding carboxylic acids is 1. The predicted molar refractivity (Wildman–Crippen MR) is 99.7 cm³/mol. The Hall–Kier alpha value is -2.15. The van der Waals surface area contributed by atoms with Crippen LogP contribution < -0.4 is 5.73 Å². The van der Waals surface area contributed by atoms with E-state index in [2.05, 4.69) is 18.0 Å². The van der Waals surface area contributed by atoms with Crippen molar-refractivity contribution in [2.75, 3.05) is 13.6 Å². The number of aldehydes is 1. The molecule has 7 nitrogen and oxygen atoms in total. The molecule has 4 aliphatic rings. The van der Waals surface area contributed by atoms with Crippen LogP contribution in [0.2, 0.25) is 0 Å². The zero-order chi connectivity index (χ0) is 19.6. The van der Waals surface area contributed by atoms with Gasteiger partial charge in [-0.25, -0.2) is 4.79 Å². The fourth-order valence-corrected chi connectivity index (χ4v) is 6.84. The summed E-state index contributed by atoms with van der Waals surface area (Å²) in [6.45, 7) is 2.77. The summed E-state index contributed by atoms with van der Waals surface area (Å²) in [6, 6.07) is 0. The van der Waals surface area contributed by atoms with Crippen LogP contribution in [0, 0.1) is 22.7 Å². The van der Waals surface area contributed by atoms with Crippen molar-refractivity contribution in [3.63, 3.8) is 0 Å². The van der Waals surface area contributed by atoms with Crippen molar-refractivity contribution in [1.82, 2.24) is 4.90 Å². The zero-order valence-corrected chi connectivity index (χ0v) is 15.8. The van der Waals surface area contributed by atoms with E-state index in [1.165, 1.54) is 0 Å². The van der Waals surface area contributed by atoms with Crippen LogP contribution in [0.15, 0.2) is 28.4 Å². The van der Waals surface area contributed by atoms with E-state index in [4.69, 9.17) is 5.73 Å². The number of nitrogens with two attached hydrogens (primary N) is 1. The van der Waals surface area contributed by atoms with Gasteiger partial charge >= 0.3 is 5.97 Å². The van der Waals surface area contributed by atoms with E-state index in [0.717, 1.165) is 24.8 Å². The smallest absolute Gasteiger partial charge is 0.334 e. The number of hydrogen-bond donors (Lipinski definition) is 3. The first-order chi connectivity index (χ1) is 12.8. The van der Waals surface area contributed by atoms with Gasteiger partial charge in [-0.05, 0) is 49.5 Å². The fourth-order valence-electron chi connectivity index (χ4n) is 6.84. The van der Waals surface area contributed by atoms with Gasteiger partial charge in [0, 0.05) is 30.6 Å². The van der Waals surface area contributed by atoms with Crippen molar-refractivity contribution in [2.45, 2.75) is 44.6 Å². The lowest BCUT2D eigenvalue weighted by Crippen LogP contribution is -2.57. The maximum atomic E-state index is 12.1. The van der Waals surface area contributed by atoms with Crippen LogP contribution in [0.1, 0.15) is 39.0 Å². The van der Waals surface area contributed by atoms with Gasteiger partial charge in [-0.2, -0.15) is 0 Å². The van der Waals surface area contributed by atoms with Gasteiger partial charge < -0.3 is 20.8 Å². The van der Waals surface area contributed by atoms with Gasteiger partial charge in [-0.3, -0.25) is 9.79 Å². The molecule has 0 amide bonds. The number of aliphatic imine (C=N–C) groups is 1. The lowest BCUT2D eigenvalue weighted by molar-refractivity contribution is -0.140. The van der Waals surface area contributed by atoms with E-state index in [9.17, 15) is 19.8 Å². The Bertz CT molecular complexity index is 803. The lowest BCUT2D eigenvalue weighted by atomic mass is 9.49. The Morgan fingerprint density at radius 1 is 1.44 bits per heavy atom. The maximum absolute atomic E-state index is 12.1. The normalized spacial score (nSPS) is 43.4. The maximum Gasteiger partial charge on any atom is 0.334 e. The first-order valence-corrected chi connectivity index (χ1v) is 9.57. The Kier molecular flexibility index (Phi) is 3.83. The van der Waals surface area contributed by atoms with E-state index in [1.54, 1.807) is 7.05 Å². The van der Waals surface area contributed by atoms with Crippen molar-refractivity contribution in [3.8, 4) is 0 Å². The highest BCUT2D eigenvalue weighted by Crippen LogP contribution is 2.75. The number of carboxylic acids is 1. The fraction of sp³-hybridized carbons (Fsp3) is 0.650. The minimum atomic E-state index is -1.92. The summed E-state index contributed by atoms with van der Waals surface area (Å²) in [6.07, 6.45) is 8.01. The molecule has 5 atom stereocenters. The number of aliphatic hydroxyl groups is 1. The average molecular weight is 373 g/mol. The Labute approximate surface area is 158 Å². The first-order valence-electron chi connectivity index (χ1n) is 9.57. The molecule has 2 fully saturated rings. The van der Waals surface area contributed by atoms with Crippen LogP contribution in [0.5, 0.6) is 0 Å². The number of hydrogen-bond acceptors (Lipinski definition) is 4. The highest BCUT2D eigenvalue weighted by molar-refractivity contribution is 5.98. The number of carboxylic acid groups (broad SMARTS) is 1. The molecule has 2 bridgehead atoms. The topological polar surface area (TPSA) is 116 Å². The molecule has 4 N–H and O–H groups in total. The molecule has 5 unspecified atom stereocenters. The zero-order valence-electron chi connectivity index (χ0n) is 15.8. The van der Waals surface area contributed by atoms with Crippen LogP contribution >= 0.6 is 0 Å². The van der Waals surface area contributed by atoms with Crippen molar-refractivity contribution >= 4 is 18.2 Å². The molecule has 146 valence electrons. The molecule has 1 aliphatic heterocycles. The number of nitrogens with zero attached hydrogens (tertiary/aromatic N) is 2. The molecule has 1 heterocycles. The van der Waals surface area contributed by atoms with Crippen LogP contribution in [-0.2, 0) is 9.59 Å². The van der Waals surface area contributed by atoms with E-state index in [-0.39, 0.29) is 23.3 Å². The van der Waals surface area contributed by atoms with Crippen molar-refractivity contribution < 1.29 is 19.8 Å². The van der Waals surface area contributed by atoms with Gasteiger partial charge in [0.2, 0.25) is 0 Å². The highest BCUT2D eigenvalue weighted by Gasteiger charge is 2.73. The lowest BCUT2D eigenvalue weighted by Gasteiger charge is -2.57. The van der Waals surface area contributed by atoms with Crippen LogP contribution in [-0.4, -0.2) is 52.5 Å². The quantitative estimate of drug-likeness (QED) is 0.381. The van der Waals surface area contributed by atoms with Gasteiger partial charge in [0.05, 0.1) is 5.57 Å². The van der Waals surface area contributed by atoms with Gasteiger partial charge in [0.15, 0.2) is 17.8 Å². The van der Waals surface area contributed by atoms with E-state index in [1.807, 2.05) is 11.1 Å². The predicted octanol–water partition coefficient (Wildman–Crippen LogP) is 1.29. The molecular weight excluding hydrogens is 346 g/mol. The molecule has 3 aliphatic carbocycles. The number of aliphatic carboxylic acids is 1. The van der Waals surface area contributed by atoms with Crippen molar-refractivity contribution in [3.05, 3.63) is 23.4 Å². The molecule has 2 spiro atoms. The van der Waals surface area contributed by atoms with E-state index in [0.29, 0.717) is 31.1 Å². The molecule has 0 aromatic carbocycles. The molecule has 27 heavy (non-hydrogen) atoms. The summed E-state index contributed by atoms with van der Waals surface area (Å²) < 4.78 is 0. The SMILES string of the molecule is CN=C(N)N1C=CCC2(C1)C1CCC(C)C23CC(O)(C=O)C(C(=O)O)=C3C1. The van der Waals surface area contributed by atoms with Crippen LogP contribution in [0.25, 0.3) is 0 Å². The first kappa shape index (κ1) is 18.2. The molecular formula is C20H27N3O4. The summed E-state index contributed by atoms with van der Waals surface area (Å²) in [7, 11) is 1.65. The molecule has 0 aromatic heterocycles. The molecule has 7 heteroatoms. The third-order valence-corrected chi connectivity index (χ3v) is 7.88. The number of rotatable bonds is 2. The molecule has 0 aromatic rings. The third kappa shape index (κ3) is 2.03. The Morgan fingerprint density at radius 2 is 2.19 bits per heavy atom. The number of allylic oxidation sites excluding steroid dienone is 2. The third-order valence-electron chi connectivity index (χ3n) is 7.88. The van der Waals surface area contributed by atoms with Crippen molar-refractivity contribution in [2.24, 2.45) is 33.4 Å². The molecule has 2 saturated carbocycles. The highest BCUT2D eigenvalue weighted by atomic mass is 16.4. The summed E-state index contributed by atoms with van der Waals surface area (Å²) in [5.41, 5.74) is 4.13. The van der Waals surface area contributed by atoms with Crippen LogP contribution in [0.3, 0.4) is 0 Å². The number of guanidine groups is 1. The Balaban J connectivity index is 1.93. The van der Waals surface area contributed by atoms with Crippen LogP contribution in [0.4, 0.5) is 0 Å². The molecule has 0 radical (unpaired) electrons. The van der Waals surface area contributed by atoms with Gasteiger partial charge in [0.1, 0.15) is 0 Å². The molecule has 0 saturated heterocycles. The standard InChI is InChI=1S/C20H27N3O4/c1-12-4-5-13-8-14-15(16(25)26)19(27,11-24)9-20(12,14)18(13)6-3-7-23(10-18)17(21)22-2/h3,7,11-13,27H,4-6,8-10H2,1-2H3,(H2,21,22)(H,25,26).